The van der Waals surface area contributed by atoms with Crippen LogP contribution in [0, 0.1) is 27.7 Å². The van der Waals surface area contributed by atoms with Crippen LogP contribution in [-0.2, 0) is 20.0 Å². The lowest BCUT2D eigenvalue weighted by molar-refractivity contribution is 0.138. The van der Waals surface area contributed by atoms with E-state index < -0.39 is 0 Å². The van der Waals surface area contributed by atoms with Crippen LogP contribution in [0.4, 0.5) is 0 Å². The Balaban J connectivity index is 1.14. The highest BCUT2D eigenvalue weighted by Crippen LogP contribution is 2.39. The summed E-state index contributed by atoms with van der Waals surface area (Å²) in [6, 6.07) is 13.4. The summed E-state index contributed by atoms with van der Waals surface area (Å²) >= 11 is 0. The van der Waals surface area contributed by atoms with E-state index in [1.165, 1.54) is 33.5 Å². The van der Waals surface area contributed by atoms with Crippen LogP contribution in [0.15, 0.2) is 36.4 Å². The van der Waals surface area contributed by atoms with E-state index >= 15 is 0 Å². The summed E-state index contributed by atoms with van der Waals surface area (Å²) in [5.74, 6) is 1.99. The van der Waals surface area contributed by atoms with E-state index in [1.54, 1.807) is 0 Å². The van der Waals surface area contributed by atoms with Gasteiger partial charge in [0.15, 0.2) is 0 Å². The molecule has 0 bridgehead atoms. The second-order valence-corrected chi connectivity index (χ2v) is 10.5. The highest BCUT2D eigenvalue weighted by Gasteiger charge is 2.26. The van der Waals surface area contributed by atoms with Gasteiger partial charge in [0, 0.05) is 30.9 Å². The standard InChI is InChI=1S/C30H39N3O2/c1-19-7-6-8-20(2)30(19)29-15-9-23-17-26(14-16-28(23)35-29)34-25-12-10-24(11-13-25)31-18-27-21(3)32-33(5)22(27)4/h6-8,14,16-17,24-25,29,31H,9-13,15,18H2,1-5H3. The zero-order valence-electron chi connectivity index (χ0n) is 21.9. The van der Waals surface area contributed by atoms with Gasteiger partial charge >= 0.3 is 0 Å². The third-order valence-corrected chi connectivity index (χ3v) is 8.04. The van der Waals surface area contributed by atoms with Crippen molar-refractivity contribution >= 4 is 0 Å². The summed E-state index contributed by atoms with van der Waals surface area (Å²) in [7, 11) is 2.02. The van der Waals surface area contributed by atoms with Crippen molar-refractivity contribution in [1.29, 1.82) is 0 Å². The van der Waals surface area contributed by atoms with Gasteiger partial charge in [-0.2, -0.15) is 5.10 Å². The maximum Gasteiger partial charge on any atom is 0.125 e. The number of aromatic nitrogens is 2. The number of rotatable bonds is 6. The molecule has 1 unspecified atom stereocenters. The van der Waals surface area contributed by atoms with E-state index in [0.717, 1.165) is 62.3 Å². The van der Waals surface area contributed by atoms with Crippen LogP contribution in [0.2, 0.25) is 0 Å². The zero-order valence-corrected chi connectivity index (χ0v) is 21.9. The molecule has 1 aromatic heterocycles. The molecule has 5 heteroatoms. The maximum absolute atomic E-state index is 6.45. The number of hydrogen-bond donors (Lipinski definition) is 1. The van der Waals surface area contributed by atoms with Crippen LogP contribution in [-0.4, -0.2) is 21.9 Å². The molecule has 5 nitrogen and oxygen atoms in total. The lowest BCUT2D eigenvalue weighted by Gasteiger charge is -2.31. The molecule has 1 N–H and O–H groups in total. The van der Waals surface area contributed by atoms with Crippen LogP contribution in [0.3, 0.4) is 0 Å². The van der Waals surface area contributed by atoms with Gasteiger partial charge in [-0.05, 0) is 107 Å². The Labute approximate surface area is 209 Å². The zero-order chi connectivity index (χ0) is 24.5. The smallest absolute Gasteiger partial charge is 0.125 e. The fourth-order valence-corrected chi connectivity index (χ4v) is 5.87. The van der Waals surface area contributed by atoms with Gasteiger partial charge in [-0.3, -0.25) is 4.68 Å². The van der Waals surface area contributed by atoms with Crippen LogP contribution in [0.5, 0.6) is 11.5 Å². The van der Waals surface area contributed by atoms with Crippen LogP contribution >= 0.6 is 0 Å². The fraction of sp³-hybridized carbons (Fsp3) is 0.500. The molecule has 1 aliphatic carbocycles. The normalized spacial score (nSPS) is 21.9. The minimum Gasteiger partial charge on any atom is -0.490 e. The third kappa shape index (κ3) is 5.11. The SMILES string of the molecule is Cc1cccc(C)c1C1CCc2cc(OC3CCC(NCc4c(C)nn(C)c4C)CC3)ccc2O1. The first kappa shape index (κ1) is 23.9. The van der Waals surface area contributed by atoms with Gasteiger partial charge in [0.1, 0.15) is 17.6 Å². The Morgan fingerprint density at radius 2 is 1.74 bits per heavy atom. The molecule has 0 amide bonds. The first-order valence-corrected chi connectivity index (χ1v) is 13.1. The Bertz CT molecular complexity index is 1170. The van der Waals surface area contributed by atoms with Gasteiger partial charge in [0.25, 0.3) is 0 Å². The van der Waals surface area contributed by atoms with Gasteiger partial charge in [-0.25, -0.2) is 0 Å². The number of nitrogens with zero attached hydrogens (tertiary/aromatic N) is 2. The van der Waals surface area contributed by atoms with E-state index in [0.29, 0.717) is 12.1 Å². The molecular weight excluding hydrogens is 434 g/mol. The van der Waals surface area contributed by atoms with Crippen molar-refractivity contribution in [2.45, 2.75) is 91.0 Å². The Hall–Kier alpha value is -2.79. The van der Waals surface area contributed by atoms with Crippen molar-refractivity contribution in [3.63, 3.8) is 0 Å². The molecule has 2 aliphatic rings. The molecule has 2 heterocycles. The summed E-state index contributed by atoms with van der Waals surface area (Å²) in [5, 5.41) is 8.30. The Morgan fingerprint density at radius 3 is 2.43 bits per heavy atom. The molecule has 2 aromatic carbocycles. The number of aryl methyl sites for hydroxylation is 5. The number of benzene rings is 2. The summed E-state index contributed by atoms with van der Waals surface area (Å²) in [5.41, 5.74) is 8.96. The molecule has 0 radical (unpaired) electrons. The van der Waals surface area contributed by atoms with E-state index in [1.807, 2.05) is 11.7 Å². The summed E-state index contributed by atoms with van der Waals surface area (Å²) in [4.78, 5) is 0. The average molecular weight is 474 g/mol. The van der Waals surface area contributed by atoms with E-state index in [9.17, 15) is 0 Å². The molecule has 1 aliphatic heterocycles. The predicted molar refractivity (Wildman–Crippen MR) is 140 cm³/mol. The van der Waals surface area contributed by atoms with Crippen molar-refractivity contribution in [2.75, 3.05) is 0 Å². The van der Waals surface area contributed by atoms with E-state index in [2.05, 4.69) is 74.5 Å². The van der Waals surface area contributed by atoms with Crippen molar-refractivity contribution < 1.29 is 9.47 Å². The molecular formula is C30H39N3O2. The molecule has 35 heavy (non-hydrogen) atoms. The first-order chi connectivity index (χ1) is 16.9. The van der Waals surface area contributed by atoms with Crippen molar-refractivity contribution in [3.8, 4) is 11.5 Å². The van der Waals surface area contributed by atoms with E-state index in [4.69, 9.17) is 9.47 Å². The van der Waals surface area contributed by atoms with Gasteiger partial charge in [-0.15, -0.1) is 0 Å². The summed E-state index contributed by atoms with van der Waals surface area (Å²) in [6.45, 7) is 9.51. The van der Waals surface area contributed by atoms with Crippen LogP contribution < -0.4 is 14.8 Å². The van der Waals surface area contributed by atoms with E-state index in [-0.39, 0.29) is 6.10 Å². The minimum atomic E-state index is 0.137. The second kappa shape index (κ2) is 10.1. The monoisotopic (exact) mass is 473 g/mol. The van der Waals surface area contributed by atoms with Crippen LogP contribution in [0.25, 0.3) is 0 Å². The van der Waals surface area contributed by atoms with Gasteiger partial charge < -0.3 is 14.8 Å². The molecule has 1 fully saturated rings. The number of fused-ring (bicyclic) bond motifs is 1. The molecule has 3 aromatic rings. The summed E-state index contributed by atoms with van der Waals surface area (Å²) in [6.07, 6.45) is 6.93. The number of ether oxygens (including phenoxy) is 2. The molecule has 1 saturated carbocycles. The van der Waals surface area contributed by atoms with Gasteiger partial charge in [0.05, 0.1) is 11.8 Å². The maximum atomic E-state index is 6.45. The molecule has 1 atom stereocenters. The average Bonchev–Trinajstić information content (AvgIpc) is 3.09. The number of hydrogen-bond acceptors (Lipinski definition) is 4. The van der Waals surface area contributed by atoms with Crippen molar-refractivity contribution in [1.82, 2.24) is 15.1 Å². The van der Waals surface area contributed by atoms with Gasteiger partial charge in [0.2, 0.25) is 0 Å². The fourth-order valence-electron chi connectivity index (χ4n) is 5.87. The highest BCUT2D eigenvalue weighted by molar-refractivity contribution is 5.44. The van der Waals surface area contributed by atoms with Crippen molar-refractivity contribution in [3.05, 3.63) is 75.6 Å². The van der Waals surface area contributed by atoms with Gasteiger partial charge in [-0.1, -0.05) is 18.2 Å². The molecule has 0 spiro atoms. The topological polar surface area (TPSA) is 48.3 Å². The minimum absolute atomic E-state index is 0.137. The molecule has 5 rings (SSSR count). The summed E-state index contributed by atoms with van der Waals surface area (Å²) < 4.78 is 14.9. The lowest BCUT2D eigenvalue weighted by Crippen LogP contribution is -2.36. The van der Waals surface area contributed by atoms with Crippen molar-refractivity contribution in [2.24, 2.45) is 7.05 Å². The predicted octanol–water partition coefficient (Wildman–Crippen LogP) is 6.20. The largest absolute Gasteiger partial charge is 0.490 e. The lowest BCUT2D eigenvalue weighted by atomic mass is 9.91. The van der Waals surface area contributed by atoms with Crippen LogP contribution in [0.1, 0.15) is 77.4 Å². The second-order valence-electron chi connectivity index (χ2n) is 10.5. The Kier molecular flexibility index (Phi) is 6.88. The first-order valence-electron chi connectivity index (χ1n) is 13.1. The highest BCUT2D eigenvalue weighted by atomic mass is 16.5. The quantitative estimate of drug-likeness (QED) is 0.463. The Morgan fingerprint density at radius 1 is 1.00 bits per heavy atom. The molecule has 186 valence electrons. The third-order valence-electron chi connectivity index (χ3n) is 8.04. The molecule has 0 saturated heterocycles. The number of nitrogens with one attached hydrogen (secondary N) is 1.